The van der Waals surface area contributed by atoms with Crippen molar-refractivity contribution < 1.29 is 4.79 Å². The fraction of sp³-hybridized carbons (Fsp3) is 0.238. The molecule has 0 fully saturated rings. The van der Waals surface area contributed by atoms with Crippen LogP contribution in [0.5, 0.6) is 0 Å². The van der Waals surface area contributed by atoms with E-state index >= 15 is 0 Å². The summed E-state index contributed by atoms with van der Waals surface area (Å²) in [6.45, 7) is 0.538. The lowest BCUT2D eigenvalue weighted by molar-refractivity contribution is -0.117. The van der Waals surface area contributed by atoms with Crippen LogP contribution >= 0.6 is 15.9 Å². The van der Waals surface area contributed by atoms with E-state index in [2.05, 4.69) is 33.4 Å². The summed E-state index contributed by atoms with van der Waals surface area (Å²) in [7, 11) is 3.92. The van der Waals surface area contributed by atoms with Gasteiger partial charge >= 0.3 is 0 Å². The van der Waals surface area contributed by atoms with Crippen molar-refractivity contribution >= 4 is 33.6 Å². The van der Waals surface area contributed by atoms with Crippen LogP contribution in [0.4, 0.5) is 5.69 Å². The molecule has 2 aromatic carbocycles. The molecular formula is C21H22BrN3O. The number of hydrogen-bond donors (Lipinski definition) is 1. The minimum atomic E-state index is -0.339. The minimum absolute atomic E-state index is 0.106. The van der Waals surface area contributed by atoms with Crippen molar-refractivity contribution in [3.8, 4) is 6.07 Å². The molecule has 2 aromatic rings. The first-order valence-electron chi connectivity index (χ1n) is 8.42. The summed E-state index contributed by atoms with van der Waals surface area (Å²) in [5.74, 6) is -0.339. The Morgan fingerprint density at radius 1 is 1.23 bits per heavy atom. The molecule has 26 heavy (non-hydrogen) atoms. The van der Waals surface area contributed by atoms with Gasteiger partial charge in [0.15, 0.2) is 0 Å². The molecule has 0 bridgehead atoms. The third-order valence-electron chi connectivity index (χ3n) is 3.90. The Labute approximate surface area is 163 Å². The molecule has 1 N–H and O–H groups in total. The van der Waals surface area contributed by atoms with Gasteiger partial charge in [-0.1, -0.05) is 36.4 Å². The number of nitriles is 1. The van der Waals surface area contributed by atoms with E-state index in [1.54, 1.807) is 6.08 Å². The first-order chi connectivity index (χ1) is 12.5. The van der Waals surface area contributed by atoms with E-state index < -0.39 is 0 Å². The molecule has 134 valence electrons. The van der Waals surface area contributed by atoms with Gasteiger partial charge in [-0.25, -0.2) is 0 Å². The monoisotopic (exact) mass is 411 g/mol. The van der Waals surface area contributed by atoms with Crippen LogP contribution in [0.2, 0.25) is 0 Å². The lowest BCUT2D eigenvalue weighted by atomic mass is 10.1. The molecule has 0 aromatic heterocycles. The number of rotatable bonds is 7. The summed E-state index contributed by atoms with van der Waals surface area (Å²) in [6.07, 6.45) is 3.33. The Bertz CT molecular complexity index is 823. The van der Waals surface area contributed by atoms with Crippen LogP contribution in [0.25, 0.3) is 6.08 Å². The van der Waals surface area contributed by atoms with Gasteiger partial charge in [-0.05, 0) is 58.1 Å². The van der Waals surface area contributed by atoms with Gasteiger partial charge < -0.3 is 10.2 Å². The van der Waals surface area contributed by atoms with Crippen LogP contribution in [0.3, 0.4) is 0 Å². The first kappa shape index (κ1) is 19.7. The number of hydrogen-bond acceptors (Lipinski definition) is 3. The SMILES string of the molecule is CN(C)c1ccc(/C=C(/C#N)C(=O)NCCCc2ccccc2)cc1Br. The Balaban J connectivity index is 1.94. The van der Waals surface area contributed by atoms with E-state index in [4.69, 9.17) is 0 Å². The third-order valence-corrected chi connectivity index (χ3v) is 4.54. The number of benzene rings is 2. The predicted octanol–water partition coefficient (Wildman–Crippen LogP) is 4.17. The number of aryl methyl sites for hydroxylation is 1. The van der Waals surface area contributed by atoms with Crippen molar-refractivity contribution in [1.82, 2.24) is 5.32 Å². The topological polar surface area (TPSA) is 56.1 Å². The Morgan fingerprint density at radius 2 is 1.96 bits per heavy atom. The van der Waals surface area contributed by atoms with Crippen LogP contribution in [0.15, 0.2) is 58.6 Å². The van der Waals surface area contributed by atoms with E-state index in [-0.39, 0.29) is 11.5 Å². The lowest BCUT2D eigenvalue weighted by Gasteiger charge is -2.14. The van der Waals surface area contributed by atoms with Crippen LogP contribution in [-0.4, -0.2) is 26.5 Å². The second-order valence-corrected chi connectivity index (χ2v) is 6.97. The van der Waals surface area contributed by atoms with Crippen molar-refractivity contribution in [2.45, 2.75) is 12.8 Å². The van der Waals surface area contributed by atoms with Crippen molar-refractivity contribution in [2.24, 2.45) is 0 Å². The largest absolute Gasteiger partial charge is 0.377 e. The van der Waals surface area contributed by atoms with Gasteiger partial charge in [-0.2, -0.15) is 5.26 Å². The number of carbonyl (C=O) groups is 1. The normalized spacial score (nSPS) is 10.9. The van der Waals surface area contributed by atoms with E-state index in [1.165, 1.54) is 5.56 Å². The molecule has 0 unspecified atom stereocenters. The summed E-state index contributed by atoms with van der Waals surface area (Å²) in [5, 5.41) is 12.1. The summed E-state index contributed by atoms with van der Waals surface area (Å²) in [6, 6.07) is 17.9. The standard InChI is InChI=1S/C21H22BrN3O/c1-25(2)20-11-10-17(14-19(20)22)13-18(15-23)21(26)24-12-6-9-16-7-4-3-5-8-16/h3-5,7-8,10-11,13-14H,6,9,12H2,1-2H3,(H,24,26)/b18-13-. The quantitative estimate of drug-likeness (QED) is 0.422. The van der Waals surface area contributed by atoms with Gasteiger partial charge in [0.05, 0.1) is 5.69 Å². The molecule has 0 spiro atoms. The van der Waals surface area contributed by atoms with Crippen LogP contribution < -0.4 is 10.2 Å². The fourth-order valence-corrected chi connectivity index (χ4v) is 3.28. The number of nitrogens with one attached hydrogen (secondary N) is 1. The van der Waals surface area contributed by atoms with Crippen molar-refractivity contribution in [3.05, 3.63) is 69.7 Å². The summed E-state index contributed by atoms with van der Waals surface area (Å²) >= 11 is 3.52. The Kier molecular flexibility index (Phi) is 7.43. The Hall–Kier alpha value is -2.58. The molecule has 0 radical (unpaired) electrons. The van der Waals surface area contributed by atoms with Crippen molar-refractivity contribution in [2.75, 3.05) is 25.5 Å². The number of halogens is 1. The molecule has 0 saturated heterocycles. The number of carbonyl (C=O) groups excluding carboxylic acids is 1. The van der Waals surface area contributed by atoms with Crippen LogP contribution in [0, 0.1) is 11.3 Å². The van der Waals surface area contributed by atoms with E-state index in [9.17, 15) is 10.1 Å². The summed E-state index contributed by atoms with van der Waals surface area (Å²) in [4.78, 5) is 14.2. The molecule has 0 heterocycles. The highest BCUT2D eigenvalue weighted by molar-refractivity contribution is 9.10. The van der Waals surface area contributed by atoms with E-state index in [0.29, 0.717) is 6.54 Å². The van der Waals surface area contributed by atoms with Crippen molar-refractivity contribution in [3.63, 3.8) is 0 Å². The summed E-state index contributed by atoms with van der Waals surface area (Å²) < 4.78 is 0.914. The zero-order valence-corrected chi connectivity index (χ0v) is 16.6. The molecule has 1 amide bonds. The van der Waals surface area contributed by atoms with Gasteiger partial charge in [0.1, 0.15) is 11.6 Å². The predicted molar refractivity (Wildman–Crippen MR) is 110 cm³/mol. The maximum absolute atomic E-state index is 12.2. The number of nitrogens with zero attached hydrogens (tertiary/aromatic N) is 2. The minimum Gasteiger partial charge on any atom is -0.377 e. The maximum Gasteiger partial charge on any atom is 0.261 e. The highest BCUT2D eigenvalue weighted by atomic mass is 79.9. The van der Waals surface area contributed by atoms with Crippen LogP contribution in [0.1, 0.15) is 17.5 Å². The average Bonchev–Trinajstić information content (AvgIpc) is 2.63. The van der Waals surface area contributed by atoms with E-state index in [0.717, 1.165) is 28.6 Å². The third kappa shape index (κ3) is 5.75. The second kappa shape index (κ2) is 9.79. The number of anilines is 1. The molecule has 2 rings (SSSR count). The molecule has 5 heteroatoms. The maximum atomic E-state index is 12.2. The molecule has 0 aliphatic carbocycles. The Morgan fingerprint density at radius 3 is 2.58 bits per heavy atom. The zero-order chi connectivity index (χ0) is 18.9. The van der Waals surface area contributed by atoms with Crippen molar-refractivity contribution in [1.29, 1.82) is 5.26 Å². The molecule has 0 aliphatic rings. The van der Waals surface area contributed by atoms with Gasteiger partial charge in [0.2, 0.25) is 0 Å². The van der Waals surface area contributed by atoms with E-state index in [1.807, 2.05) is 61.5 Å². The van der Waals surface area contributed by atoms with Gasteiger partial charge in [0.25, 0.3) is 5.91 Å². The number of amides is 1. The van der Waals surface area contributed by atoms with Crippen LogP contribution in [-0.2, 0) is 11.2 Å². The molecule has 0 aliphatic heterocycles. The zero-order valence-electron chi connectivity index (χ0n) is 15.0. The second-order valence-electron chi connectivity index (χ2n) is 6.12. The fourth-order valence-electron chi connectivity index (χ4n) is 2.53. The molecular weight excluding hydrogens is 390 g/mol. The molecule has 4 nitrogen and oxygen atoms in total. The highest BCUT2D eigenvalue weighted by Gasteiger charge is 2.09. The molecule has 0 atom stereocenters. The average molecular weight is 412 g/mol. The lowest BCUT2D eigenvalue weighted by Crippen LogP contribution is -2.25. The highest BCUT2D eigenvalue weighted by Crippen LogP contribution is 2.26. The first-order valence-corrected chi connectivity index (χ1v) is 9.21. The van der Waals surface area contributed by atoms with Gasteiger partial charge in [-0.3, -0.25) is 4.79 Å². The van der Waals surface area contributed by atoms with Gasteiger partial charge in [0, 0.05) is 25.1 Å². The smallest absolute Gasteiger partial charge is 0.261 e. The summed E-state index contributed by atoms with van der Waals surface area (Å²) in [5.41, 5.74) is 3.18. The van der Waals surface area contributed by atoms with Gasteiger partial charge in [-0.15, -0.1) is 0 Å². The molecule has 0 saturated carbocycles.